The molecule has 1 amide bonds. The number of methoxy groups -OCH3 is 1. The summed E-state index contributed by atoms with van der Waals surface area (Å²) in [5, 5.41) is 11.5. The summed E-state index contributed by atoms with van der Waals surface area (Å²) < 4.78 is 14.3. The Hall–Kier alpha value is -5.82. The lowest BCUT2D eigenvalue weighted by Gasteiger charge is -2.16. The Labute approximate surface area is 295 Å². The number of aryl methyl sites for hydroxylation is 2. The van der Waals surface area contributed by atoms with Gasteiger partial charge in [-0.1, -0.05) is 12.1 Å². The molecule has 12 nitrogen and oxygen atoms in total. The van der Waals surface area contributed by atoms with Crippen LogP contribution in [-0.4, -0.2) is 54.0 Å². The van der Waals surface area contributed by atoms with E-state index in [0.717, 1.165) is 74.8 Å². The second-order valence-electron chi connectivity index (χ2n) is 13.3. The molecule has 254 valence electrons. The van der Waals surface area contributed by atoms with Crippen molar-refractivity contribution in [2.45, 2.75) is 50.6 Å². The summed E-state index contributed by atoms with van der Waals surface area (Å²) >= 11 is 1.57. The van der Waals surface area contributed by atoms with Crippen molar-refractivity contribution in [2.75, 3.05) is 19.0 Å². The summed E-state index contributed by atoms with van der Waals surface area (Å²) in [4.78, 5) is 44.0. The highest BCUT2D eigenvalue weighted by molar-refractivity contribution is 7.23. The molecule has 2 N–H and O–H groups in total. The van der Waals surface area contributed by atoms with Gasteiger partial charge in [0.1, 0.15) is 17.2 Å². The third-order valence-electron chi connectivity index (χ3n) is 10.5. The minimum atomic E-state index is -0.667. The first-order chi connectivity index (χ1) is 25.0. The highest BCUT2D eigenvalue weighted by atomic mass is 32.1. The van der Waals surface area contributed by atoms with Gasteiger partial charge in [0.15, 0.2) is 0 Å². The van der Waals surface area contributed by atoms with E-state index in [1.165, 1.54) is 11.1 Å². The van der Waals surface area contributed by atoms with E-state index in [0.29, 0.717) is 36.1 Å². The summed E-state index contributed by atoms with van der Waals surface area (Å²) in [6, 6.07) is 14.4. The van der Waals surface area contributed by atoms with Crippen molar-refractivity contribution in [3.8, 4) is 27.6 Å². The van der Waals surface area contributed by atoms with E-state index in [1.807, 2.05) is 46.1 Å². The monoisotopic (exact) mass is 696 g/mol. The van der Waals surface area contributed by atoms with Crippen molar-refractivity contribution in [2.24, 2.45) is 0 Å². The van der Waals surface area contributed by atoms with Gasteiger partial charge in [-0.3, -0.25) is 9.78 Å². The SMILES string of the molecule is COc1cccc2c1CC[C@H]2Nc1nccc2cc(-c3c4c(nc(CCc5ccn6ccnc6c5)c3-c3n[nH]c(=O)o3)[C@H]3CCCN3C4=O)sc12. The fraction of sp³-hybridized carbons (Fsp3) is 0.263. The molecule has 0 radical (unpaired) electrons. The van der Waals surface area contributed by atoms with Crippen LogP contribution in [0.3, 0.4) is 0 Å². The number of hydrogen-bond acceptors (Lipinski definition) is 10. The molecule has 0 saturated carbocycles. The van der Waals surface area contributed by atoms with Crippen LogP contribution >= 0.6 is 11.3 Å². The number of aromatic amines is 1. The number of hydrogen-bond donors (Lipinski definition) is 2. The highest BCUT2D eigenvalue weighted by Gasteiger charge is 2.45. The second kappa shape index (κ2) is 11.6. The fourth-order valence-electron chi connectivity index (χ4n) is 8.23. The molecule has 6 aromatic heterocycles. The molecular formula is C38H32N8O4S. The summed E-state index contributed by atoms with van der Waals surface area (Å²) in [7, 11) is 1.71. The van der Waals surface area contributed by atoms with Crippen LogP contribution in [0.2, 0.25) is 0 Å². The van der Waals surface area contributed by atoms with Crippen molar-refractivity contribution in [1.82, 2.24) is 34.4 Å². The van der Waals surface area contributed by atoms with Crippen molar-refractivity contribution >= 4 is 38.8 Å². The second-order valence-corrected chi connectivity index (χ2v) is 14.4. The normalized spacial score (nSPS) is 17.7. The molecule has 51 heavy (non-hydrogen) atoms. The van der Waals surface area contributed by atoms with Gasteiger partial charge in [-0.05, 0) is 90.9 Å². The number of thiophene rings is 1. The average Bonchev–Trinajstić information content (AvgIpc) is 4.00. The summed E-state index contributed by atoms with van der Waals surface area (Å²) in [5.41, 5.74) is 7.76. The minimum absolute atomic E-state index is 0.0455. The van der Waals surface area contributed by atoms with E-state index in [-0.39, 0.29) is 23.9 Å². The number of nitrogens with zero attached hydrogens (tertiary/aromatic N) is 6. The number of fused-ring (bicyclic) bond motifs is 6. The van der Waals surface area contributed by atoms with E-state index in [1.54, 1.807) is 24.6 Å². The lowest BCUT2D eigenvalue weighted by Crippen LogP contribution is -2.22. The highest BCUT2D eigenvalue weighted by Crippen LogP contribution is 2.50. The smallest absolute Gasteiger partial charge is 0.434 e. The summed E-state index contributed by atoms with van der Waals surface area (Å²) in [5.74, 6) is 1.10. The zero-order chi connectivity index (χ0) is 34.2. The van der Waals surface area contributed by atoms with Gasteiger partial charge < -0.3 is 23.8 Å². The number of carbonyl (C=O) groups excluding carboxylic acids is 1. The number of ether oxygens (including phenoxy) is 1. The molecule has 10 rings (SSSR count). The van der Waals surface area contributed by atoms with Gasteiger partial charge in [-0.25, -0.2) is 19.9 Å². The lowest BCUT2D eigenvalue weighted by atomic mass is 9.93. The number of benzene rings is 1. The number of rotatable bonds is 8. The fourth-order valence-corrected chi connectivity index (χ4v) is 9.40. The number of nitrogens with one attached hydrogen (secondary N) is 2. The van der Waals surface area contributed by atoms with Gasteiger partial charge in [-0.2, -0.15) is 0 Å². The molecule has 7 aromatic rings. The van der Waals surface area contributed by atoms with Gasteiger partial charge >= 0.3 is 5.76 Å². The van der Waals surface area contributed by atoms with E-state index in [9.17, 15) is 9.59 Å². The van der Waals surface area contributed by atoms with E-state index in [2.05, 4.69) is 44.8 Å². The van der Waals surface area contributed by atoms with Crippen molar-refractivity contribution in [3.05, 3.63) is 111 Å². The topological polar surface area (TPSA) is 144 Å². The Morgan fingerprint density at radius 3 is 2.86 bits per heavy atom. The van der Waals surface area contributed by atoms with Gasteiger partial charge in [0.05, 0.1) is 46.4 Å². The standard InChI is InChI=1S/C38H32N8O4S/c1-49-27-6-2-4-22-23(27)8-10-24(22)42-35-34-21(11-13-40-35)19-28(51-34)31-30(36-43-44-38(48)50-36)25(9-7-20-12-16-45-17-14-39-29(45)18-20)41-33-26-5-3-15-46(26)37(47)32(31)33/h2,4,6,11-14,16-19,24,26H,3,5,7-10,15H2,1H3,(H,40,42)(H,44,48)/t24-,26-/m1/s1. The quantitative estimate of drug-likeness (QED) is 0.181. The number of pyridine rings is 3. The molecule has 1 saturated heterocycles. The largest absolute Gasteiger partial charge is 0.496 e. The third-order valence-corrected chi connectivity index (χ3v) is 11.7. The molecule has 1 fully saturated rings. The van der Waals surface area contributed by atoms with Crippen molar-refractivity contribution in [1.29, 1.82) is 0 Å². The van der Waals surface area contributed by atoms with Gasteiger partial charge in [0.2, 0.25) is 0 Å². The predicted molar refractivity (Wildman–Crippen MR) is 192 cm³/mol. The maximum atomic E-state index is 14.3. The van der Waals surface area contributed by atoms with Gasteiger partial charge in [-0.15, -0.1) is 16.4 Å². The van der Waals surface area contributed by atoms with E-state index < -0.39 is 5.76 Å². The molecule has 1 aromatic carbocycles. The number of amides is 1. The van der Waals surface area contributed by atoms with Crippen molar-refractivity contribution < 1.29 is 13.9 Å². The zero-order valence-corrected chi connectivity index (χ0v) is 28.5. The van der Waals surface area contributed by atoms with Crippen LogP contribution in [0.25, 0.3) is 37.6 Å². The van der Waals surface area contributed by atoms with Gasteiger partial charge in [0, 0.05) is 41.8 Å². The third kappa shape index (κ3) is 4.78. The Kier molecular flexibility index (Phi) is 6.85. The van der Waals surface area contributed by atoms with Gasteiger partial charge in [0.25, 0.3) is 11.8 Å². The first-order valence-electron chi connectivity index (χ1n) is 17.2. The van der Waals surface area contributed by atoms with Crippen LogP contribution < -0.4 is 15.8 Å². The average molecular weight is 697 g/mol. The molecule has 8 heterocycles. The number of carbonyl (C=O) groups is 1. The Morgan fingerprint density at radius 2 is 1.98 bits per heavy atom. The Balaban J connectivity index is 1.13. The summed E-state index contributed by atoms with van der Waals surface area (Å²) in [6.07, 6.45) is 12.3. The predicted octanol–water partition coefficient (Wildman–Crippen LogP) is 6.53. The van der Waals surface area contributed by atoms with Crippen LogP contribution in [0.1, 0.15) is 69.8 Å². The van der Waals surface area contributed by atoms with E-state index >= 15 is 0 Å². The van der Waals surface area contributed by atoms with Crippen molar-refractivity contribution in [3.63, 3.8) is 0 Å². The maximum Gasteiger partial charge on any atom is 0.434 e. The number of imidazole rings is 1. The molecule has 2 aliphatic heterocycles. The molecule has 0 unspecified atom stereocenters. The Morgan fingerprint density at radius 1 is 1.04 bits per heavy atom. The maximum absolute atomic E-state index is 14.3. The molecular weight excluding hydrogens is 665 g/mol. The zero-order valence-electron chi connectivity index (χ0n) is 27.7. The van der Waals surface area contributed by atoms with Crippen LogP contribution in [-0.2, 0) is 19.3 Å². The Bertz CT molecular complexity index is 2580. The molecule has 1 aliphatic carbocycles. The summed E-state index contributed by atoms with van der Waals surface area (Å²) in [6.45, 7) is 0.684. The molecule has 2 atom stereocenters. The van der Waals surface area contributed by atoms with E-state index in [4.69, 9.17) is 19.1 Å². The first-order valence-corrected chi connectivity index (χ1v) is 18.0. The van der Waals surface area contributed by atoms with Crippen LogP contribution in [0.15, 0.2) is 76.5 Å². The number of H-pyrrole nitrogens is 1. The first kappa shape index (κ1) is 30.0. The van der Waals surface area contributed by atoms with Crippen LogP contribution in [0.4, 0.5) is 5.82 Å². The molecule has 13 heteroatoms. The lowest BCUT2D eigenvalue weighted by molar-refractivity contribution is 0.0776. The molecule has 3 aliphatic rings. The van der Waals surface area contributed by atoms with Crippen LogP contribution in [0, 0.1) is 0 Å². The number of anilines is 1. The minimum Gasteiger partial charge on any atom is -0.496 e. The molecule has 0 spiro atoms. The molecule has 0 bridgehead atoms. The number of aromatic nitrogens is 6. The van der Waals surface area contributed by atoms with Crippen LogP contribution in [0.5, 0.6) is 5.75 Å².